The normalized spacial score (nSPS) is 18.4. The van der Waals surface area contributed by atoms with E-state index >= 15 is 0 Å². The Hall–Kier alpha value is -1.88. The Kier molecular flexibility index (Phi) is 4.74. The molecule has 0 aliphatic carbocycles. The summed E-state index contributed by atoms with van der Waals surface area (Å²) < 4.78 is 0. The van der Waals surface area contributed by atoms with Crippen molar-refractivity contribution in [2.24, 2.45) is 5.92 Å². The fourth-order valence-electron chi connectivity index (χ4n) is 2.51. The number of benzene rings is 1. The van der Waals surface area contributed by atoms with Crippen molar-refractivity contribution in [3.8, 4) is 0 Å². The molecule has 1 atom stereocenters. The summed E-state index contributed by atoms with van der Waals surface area (Å²) in [7, 11) is 0. The fourth-order valence-corrected chi connectivity index (χ4v) is 2.51. The van der Waals surface area contributed by atoms with E-state index in [1.807, 2.05) is 31.2 Å². The lowest BCUT2D eigenvalue weighted by atomic mass is 10.1. The highest BCUT2D eigenvalue weighted by Crippen LogP contribution is 2.28. The maximum absolute atomic E-state index is 12.1. The number of para-hydroxylation sites is 1. The number of hydrogen-bond donors (Lipinski definition) is 2. The number of rotatable bonds is 5. The number of aliphatic hydroxyl groups excluding tert-OH is 1. The topological polar surface area (TPSA) is 69.6 Å². The highest BCUT2D eigenvalue weighted by molar-refractivity contribution is 6.00. The predicted octanol–water partition coefficient (Wildman–Crippen LogP) is 0.710. The van der Waals surface area contributed by atoms with Crippen LogP contribution >= 0.6 is 0 Å². The standard InChI is InChI=1S/C15H20N2O3/c1-2-11-5-3-4-6-13(11)17-10-12(9-14(17)19)15(20)16-7-8-18/h3-6,12,18H,2,7-10H2,1H3,(H,16,20). The molecule has 20 heavy (non-hydrogen) atoms. The van der Waals surface area contributed by atoms with Crippen molar-refractivity contribution in [1.29, 1.82) is 0 Å². The second kappa shape index (κ2) is 6.52. The van der Waals surface area contributed by atoms with Crippen molar-refractivity contribution in [3.05, 3.63) is 29.8 Å². The average molecular weight is 276 g/mol. The molecule has 0 saturated carbocycles. The van der Waals surface area contributed by atoms with E-state index in [-0.39, 0.29) is 37.3 Å². The van der Waals surface area contributed by atoms with Gasteiger partial charge in [0, 0.05) is 25.2 Å². The van der Waals surface area contributed by atoms with Gasteiger partial charge in [0.1, 0.15) is 0 Å². The number of aliphatic hydroxyl groups is 1. The first kappa shape index (κ1) is 14.5. The summed E-state index contributed by atoms with van der Waals surface area (Å²) in [5.74, 6) is -0.516. The smallest absolute Gasteiger partial charge is 0.227 e. The third-order valence-electron chi connectivity index (χ3n) is 3.57. The van der Waals surface area contributed by atoms with Gasteiger partial charge in [0.15, 0.2) is 0 Å². The zero-order valence-corrected chi connectivity index (χ0v) is 11.6. The second-order valence-corrected chi connectivity index (χ2v) is 4.90. The molecule has 1 unspecified atom stereocenters. The van der Waals surface area contributed by atoms with Crippen LogP contribution in [0.25, 0.3) is 0 Å². The molecule has 1 aliphatic heterocycles. The molecule has 0 radical (unpaired) electrons. The maximum atomic E-state index is 12.1. The minimum absolute atomic E-state index is 0.0185. The van der Waals surface area contributed by atoms with E-state index in [1.54, 1.807) is 4.90 Å². The number of anilines is 1. The van der Waals surface area contributed by atoms with E-state index in [2.05, 4.69) is 5.32 Å². The zero-order chi connectivity index (χ0) is 14.5. The molecule has 0 bridgehead atoms. The SMILES string of the molecule is CCc1ccccc1N1CC(C(=O)NCCO)CC1=O. The number of hydrogen-bond acceptors (Lipinski definition) is 3. The first-order valence-corrected chi connectivity index (χ1v) is 6.94. The van der Waals surface area contributed by atoms with Crippen LogP contribution in [0.5, 0.6) is 0 Å². The molecule has 2 rings (SSSR count). The van der Waals surface area contributed by atoms with Crippen LogP contribution in [-0.2, 0) is 16.0 Å². The van der Waals surface area contributed by atoms with Gasteiger partial charge in [0.05, 0.1) is 12.5 Å². The Morgan fingerprint density at radius 3 is 2.90 bits per heavy atom. The van der Waals surface area contributed by atoms with Gasteiger partial charge < -0.3 is 15.3 Å². The molecular weight excluding hydrogens is 256 g/mol. The van der Waals surface area contributed by atoms with Gasteiger partial charge in [0.25, 0.3) is 0 Å². The fraction of sp³-hybridized carbons (Fsp3) is 0.467. The Bertz CT molecular complexity index is 502. The lowest BCUT2D eigenvalue weighted by molar-refractivity contribution is -0.126. The molecule has 1 aliphatic rings. The molecule has 2 amide bonds. The molecule has 1 aromatic carbocycles. The van der Waals surface area contributed by atoms with Crippen LogP contribution in [0.1, 0.15) is 18.9 Å². The van der Waals surface area contributed by atoms with Crippen molar-refractivity contribution in [2.75, 3.05) is 24.6 Å². The highest BCUT2D eigenvalue weighted by atomic mass is 16.3. The molecule has 1 heterocycles. The van der Waals surface area contributed by atoms with E-state index in [1.165, 1.54) is 0 Å². The van der Waals surface area contributed by atoms with Crippen LogP contribution in [0, 0.1) is 5.92 Å². The van der Waals surface area contributed by atoms with E-state index < -0.39 is 0 Å². The molecule has 2 N–H and O–H groups in total. The van der Waals surface area contributed by atoms with E-state index in [0.717, 1.165) is 17.7 Å². The van der Waals surface area contributed by atoms with Crippen LogP contribution in [-0.4, -0.2) is 36.6 Å². The number of amides is 2. The van der Waals surface area contributed by atoms with Crippen LogP contribution < -0.4 is 10.2 Å². The Morgan fingerprint density at radius 2 is 2.20 bits per heavy atom. The summed E-state index contributed by atoms with van der Waals surface area (Å²) >= 11 is 0. The minimum Gasteiger partial charge on any atom is -0.395 e. The van der Waals surface area contributed by atoms with Crippen molar-refractivity contribution in [2.45, 2.75) is 19.8 Å². The van der Waals surface area contributed by atoms with Gasteiger partial charge in [-0.05, 0) is 18.1 Å². The summed E-state index contributed by atoms with van der Waals surface area (Å²) in [6.45, 7) is 2.60. The van der Waals surface area contributed by atoms with Crippen molar-refractivity contribution in [3.63, 3.8) is 0 Å². The number of carbonyl (C=O) groups excluding carboxylic acids is 2. The summed E-state index contributed by atoms with van der Waals surface area (Å²) in [6, 6.07) is 7.78. The molecule has 0 aromatic heterocycles. The van der Waals surface area contributed by atoms with Crippen molar-refractivity contribution in [1.82, 2.24) is 5.32 Å². The molecule has 5 nitrogen and oxygen atoms in total. The lowest BCUT2D eigenvalue weighted by Gasteiger charge is -2.19. The third-order valence-corrected chi connectivity index (χ3v) is 3.57. The van der Waals surface area contributed by atoms with Gasteiger partial charge in [0.2, 0.25) is 11.8 Å². The van der Waals surface area contributed by atoms with Crippen LogP contribution in [0.15, 0.2) is 24.3 Å². The monoisotopic (exact) mass is 276 g/mol. The van der Waals surface area contributed by atoms with Gasteiger partial charge in [-0.3, -0.25) is 9.59 Å². The second-order valence-electron chi connectivity index (χ2n) is 4.90. The zero-order valence-electron chi connectivity index (χ0n) is 11.6. The van der Waals surface area contributed by atoms with Gasteiger partial charge in [-0.25, -0.2) is 0 Å². The first-order chi connectivity index (χ1) is 9.67. The highest BCUT2D eigenvalue weighted by Gasteiger charge is 2.35. The lowest BCUT2D eigenvalue weighted by Crippen LogP contribution is -2.34. The number of carbonyl (C=O) groups is 2. The summed E-state index contributed by atoms with van der Waals surface area (Å²) in [4.78, 5) is 25.7. The van der Waals surface area contributed by atoms with E-state index in [0.29, 0.717) is 6.54 Å². The van der Waals surface area contributed by atoms with Gasteiger partial charge >= 0.3 is 0 Å². The minimum atomic E-state index is -0.334. The number of aryl methyl sites for hydroxylation is 1. The molecule has 108 valence electrons. The number of nitrogens with one attached hydrogen (secondary N) is 1. The average Bonchev–Trinajstić information content (AvgIpc) is 2.86. The van der Waals surface area contributed by atoms with Crippen LogP contribution in [0.4, 0.5) is 5.69 Å². The third kappa shape index (κ3) is 2.99. The van der Waals surface area contributed by atoms with Crippen LogP contribution in [0.2, 0.25) is 0 Å². The Labute approximate surface area is 118 Å². The number of nitrogens with zero attached hydrogens (tertiary/aromatic N) is 1. The molecule has 1 saturated heterocycles. The maximum Gasteiger partial charge on any atom is 0.227 e. The van der Waals surface area contributed by atoms with Crippen molar-refractivity contribution < 1.29 is 14.7 Å². The molecule has 5 heteroatoms. The molecule has 1 aromatic rings. The van der Waals surface area contributed by atoms with Crippen molar-refractivity contribution >= 4 is 17.5 Å². The summed E-state index contributed by atoms with van der Waals surface area (Å²) in [5.41, 5.74) is 2.01. The predicted molar refractivity (Wildman–Crippen MR) is 76.4 cm³/mol. The van der Waals surface area contributed by atoms with Gasteiger partial charge in [-0.15, -0.1) is 0 Å². The van der Waals surface area contributed by atoms with Gasteiger partial charge in [-0.1, -0.05) is 25.1 Å². The first-order valence-electron chi connectivity index (χ1n) is 6.94. The Balaban J connectivity index is 2.11. The van der Waals surface area contributed by atoms with Crippen LogP contribution in [0.3, 0.4) is 0 Å². The largest absolute Gasteiger partial charge is 0.395 e. The molecule has 1 fully saturated rings. The van der Waals surface area contributed by atoms with Gasteiger partial charge in [-0.2, -0.15) is 0 Å². The van der Waals surface area contributed by atoms with E-state index in [4.69, 9.17) is 5.11 Å². The molecule has 0 spiro atoms. The van der Waals surface area contributed by atoms with E-state index in [9.17, 15) is 9.59 Å². The summed E-state index contributed by atoms with van der Waals surface area (Å²) in [5, 5.41) is 11.3. The molecular formula is C15H20N2O3. The quantitative estimate of drug-likeness (QED) is 0.832. The Morgan fingerprint density at radius 1 is 1.45 bits per heavy atom. The summed E-state index contributed by atoms with van der Waals surface area (Å²) in [6.07, 6.45) is 1.08.